The van der Waals surface area contributed by atoms with Gasteiger partial charge in [-0.1, -0.05) is 12.1 Å². The van der Waals surface area contributed by atoms with Gasteiger partial charge in [0.2, 0.25) is 11.8 Å². The van der Waals surface area contributed by atoms with E-state index in [4.69, 9.17) is 4.74 Å². The zero-order chi connectivity index (χ0) is 21.8. The van der Waals surface area contributed by atoms with Gasteiger partial charge in [-0.2, -0.15) is 0 Å². The van der Waals surface area contributed by atoms with Crippen LogP contribution in [0.1, 0.15) is 28.8 Å². The number of carbonyl (C=O) groups is 3. The Balaban J connectivity index is 1.28. The van der Waals surface area contributed by atoms with E-state index in [0.29, 0.717) is 24.2 Å². The van der Waals surface area contributed by atoms with Crippen molar-refractivity contribution in [3.8, 4) is 5.75 Å². The second-order valence-electron chi connectivity index (χ2n) is 7.42. The molecule has 0 fully saturated rings. The molecule has 1 aromatic heterocycles. The van der Waals surface area contributed by atoms with Gasteiger partial charge in [-0.25, -0.2) is 0 Å². The Bertz CT molecular complexity index is 1140. The standard InChI is InChI=1S/C23H24N4O4/c1-31-15-6-7-18-17(12-15)14(13-25-18)10-11-24-21(28)9-8-20-23(30)26-19-5-3-2-4-16(19)22(29)27-20/h2-7,12-13,20,25H,8-11H2,1H3,(H,24,28)(H,26,30)(H,27,29). The first-order valence-electron chi connectivity index (χ1n) is 10.2. The molecule has 3 amide bonds. The lowest BCUT2D eigenvalue weighted by Gasteiger charge is -2.14. The molecular weight excluding hydrogens is 396 g/mol. The Morgan fingerprint density at radius 2 is 2.00 bits per heavy atom. The third-order valence-corrected chi connectivity index (χ3v) is 5.40. The van der Waals surface area contributed by atoms with E-state index in [2.05, 4.69) is 20.9 Å². The van der Waals surface area contributed by atoms with Crippen LogP contribution in [0.25, 0.3) is 10.9 Å². The zero-order valence-electron chi connectivity index (χ0n) is 17.2. The number of aromatic nitrogens is 1. The highest BCUT2D eigenvalue weighted by Gasteiger charge is 2.27. The number of carbonyl (C=O) groups excluding carboxylic acids is 3. The predicted octanol–water partition coefficient (Wildman–Crippen LogP) is 2.37. The molecule has 31 heavy (non-hydrogen) atoms. The molecule has 3 aromatic rings. The van der Waals surface area contributed by atoms with Crippen molar-refractivity contribution in [3.05, 3.63) is 59.8 Å². The van der Waals surface area contributed by atoms with Crippen LogP contribution < -0.4 is 20.7 Å². The van der Waals surface area contributed by atoms with Gasteiger partial charge in [0.05, 0.1) is 18.4 Å². The van der Waals surface area contributed by atoms with E-state index >= 15 is 0 Å². The summed E-state index contributed by atoms with van der Waals surface area (Å²) in [4.78, 5) is 40.3. The Morgan fingerprint density at radius 1 is 1.16 bits per heavy atom. The molecule has 8 nitrogen and oxygen atoms in total. The van der Waals surface area contributed by atoms with Crippen molar-refractivity contribution < 1.29 is 19.1 Å². The van der Waals surface area contributed by atoms with Gasteiger partial charge >= 0.3 is 0 Å². The molecule has 1 aliphatic heterocycles. The smallest absolute Gasteiger partial charge is 0.254 e. The van der Waals surface area contributed by atoms with Gasteiger partial charge in [0.25, 0.3) is 5.91 Å². The average Bonchev–Trinajstić information content (AvgIpc) is 3.13. The molecule has 1 aliphatic rings. The second kappa shape index (κ2) is 8.91. The maximum Gasteiger partial charge on any atom is 0.254 e. The summed E-state index contributed by atoms with van der Waals surface area (Å²) >= 11 is 0. The quantitative estimate of drug-likeness (QED) is 0.470. The molecule has 0 bridgehead atoms. The van der Waals surface area contributed by atoms with Crippen molar-refractivity contribution in [2.45, 2.75) is 25.3 Å². The average molecular weight is 420 g/mol. The molecule has 1 unspecified atom stereocenters. The number of aromatic amines is 1. The van der Waals surface area contributed by atoms with Crippen molar-refractivity contribution in [2.75, 3.05) is 19.0 Å². The molecule has 0 aliphatic carbocycles. The normalized spacial score (nSPS) is 15.6. The van der Waals surface area contributed by atoms with Crippen molar-refractivity contribution in [1.82, 2.24) is 15.6 Å². The summed E-state index contributed by atoms with van der Waals surface area (Å²) in [5.41, 5.74) is 2.99. The number of methoxy groups -OCH3 is 1. The minimum atomic E-state index is -0.758. The molecule has 0 radical (unpaired) electrons. The summed E-state index contributed by atoms with van der Waals surface area (Å²) in [6, 6.07) is 11.9. The summed E-state index contributed by atoms with van der Waals surface area (Å²) in [6.45, 7) is 0.470. The topological polar surface area (TPSA) is 112 Å². The number of rotatable bonds is 7. The largest absolute Gasteiger partial charge is 0.497 e. The molecule has 0 saturated carbocycles. The number of benzene rings is 2. The first kappa shape index (κ1) is 20.5. The third kappa shape index (κ3) is 4.53. The van der Waals surface area contributed by atoms with Gasteiger partial charge in [-0.15, -0.1) is 0 Å². The molecule has 4 N–H and O–H groups in total. The number of hydrogen-bond acceptors (Lipinski definition) is 4. The number of ether oxygens (including phenoxy) is 1. The van der Waals surface area contributed by atoms with Crippen LogP contribution in [0.3, 0.4) is 0 Å². The summed E-state index contributed by atoms with van der Waals surface area (Å²) in [5.74, 6) is -0.0301. The number of fused-ring (bicyclic) bond motifs is 2. The summed E-state index contributed by atoms with van der Waals surface area (Å²) in [7, 11) is 1.63. The van der Waals surface area contributed by atoms with Crippen LogP contribution in [0.2, 0.25) is 0 Å². The van der Waals surface area contributed by atoms with E-state index < -0.39 is 6.04 Å². The monoisotopic (exact) mass is 420 g/mol. The van der Waals surface area contributed by atoms with Crippen molar-refractivity contribution >= 4 is 34.3 Å². The molecule has 0 spiro atoms. The van der Waals surface area contributed by atoms with E-state index in [-0.39, 0.29) is 30.6 Å². The van der Waals surface area contributed by atoms with E-state index in [1.165, 1.54) is 0 Å². The summed E-state index contributed by atoms with van der Waals surface area (Å²) < 4.78 is 5.28. The van der Waals surface area contributed by atoms with E-state index in [1.54, 1.807) is 31.4 Å². The lowest BCUT2D eigenvalue weighted by Crippen LogP contribution is -2.42. The van der Waals surface area contributed by atoms with Gasteiger partial charge in [-0.05, 0) is 48.7 Å². The molecule has 1 atom stereocenters. The summed E-state index contributed by atoms with van der Waals surface area (Å²) in [5, 5.41) is 9.39. The zero-order valence-corrected chi connectivity index (χ0v) is 17.2. The van der Waals surface area contributed by atoms with Gasteiger partial charge < -0.3 is 25.7 Å². The second-order valence-corrected chi connectivity index (χ2v) is 7.42. The molecule has 0 saturated heterocycles. The number of H-pyrrole nitrogens is 1. The Hall–Kier alpha value is -3.81. The first-order valence-corrected chi connectivity index (χ1v) is 10.2. The number of para-hydroxylation sites is 1. The number of hydrogen-bond donors (Lipinski definition) is 4. The Labute approximate surface area is 179 Å². The highest BCUT2D eigenvalue weighted by Crippen LogP contribution is 2.24. The van der Waals surface area contributed by atoms with Gasteiger partial charge in [0.1, 0.15) is 11.8 Å². The first-order chi connectivity index (χ1) is 15.0. The van der Waals surface area contributed by atoms with E-state index in [1.807, 2.05) is 24.4 Å². The number of nitrogens with one attached hydrogen (secondary N) is 4. The Morgan fingerprint density at radius 3 is 2.84 bits per heavy atom. The Kier molecular flexibility index (Phi) is 5.88. The lowest BCUT2D eigenvalue weighted by atomic mass is 10.1. The number of anilines is 1. The van der Waals surface area contributed by atoms with Crippen LogP contribution >= 0.6 is 0 Å². The minimum absolute atomic E-state index is 0.135. The maximum atomic E-state index is 12.4. The van der Waals surface area contributed by atoms with Gasteiger partial charge in [0.15, 0.2) is 0 Å². The highest BCUT2D eigenvalue weighted by atomic mass is 16.5. The van der Waals surface area contributed by atoms with Gasteiger partial charge in [0, 0.05) is 30.1 Å². The van der Waals surface area contributed by atoms with Crippen LogP contribution in [0.4, 0.5) is 5.69 Å². The molecule has 2 aromatic carbocycles. The lowest BCUT2D eigenvalue weighted by molar-refractivity contribution is -0.121. The highest BCUT2D eigenvalue weighted by molar-refractivity contribution is 6.09. The van der Waals surface area contributed by atoms with Crippen LogP contribution in [0, 0.1) is 0 Å². The predicted molar refractivity (Wildman–Crippen MR) is 117 cm³/mol. The fourth-order valence-corrected chi connectivity index (χ4v) is 3.71. The van der Waals surface area contributed by atoms with E-state index in [0.717, 1.165) is 22.2 Å². The molecule has 160 valence electrons. The van der Waals surface area contributed by atoms with Crippen LogP contribution in [-0.4, -0.2) is 42.4 Å². The fourth-order valence-electron chi connectivity index (χ4n) is 3.71. The molecular formula is C23H24N4O4. The number of amides is 3. The molecule has 4 rings (SSSR count). The van der Waals surface area contributed by atoms with Gasteiger partial charge in [-0.3, -0.25) is 14.4 Å². The van der Waals surface area contributed by atoms with Crippen molar-refractivity contribution in [3.63, 3.8) is 0 Å². The SMILES string of the molecule is COc1ccc2[nH]cc(CCNC(=O)CCC3NC(=O)c4ccccc4NC3=O)c2c1. The van der Waals surface area contributed by atoms with E-state index in [9.17, 15) is 14.4 Å². The van der Waals surface area contributed by atoms with Crippen LogP contribution in [-0.2, 0) is 16.0 Å². The van der Waals surface area contributed by atoms with Crippen LogP contribution in [0.5, 0.6) is 5.75 Å². The third-order valence-electron chi connectivity index (χ3n) is 5.40. The summed E-state index contributed by atoms with van der Waals surface area (Å²) in [6.07, 6.45) is 2.95. The maximum absolute atomic E-state index is 12.4. The van der Waals surface area contributed by atoms with Crippen molar-refractivity contribution in [1.29, 1.82) is 0 Å². The van der Waals surface area contributed by atoms with Crippen molar-refractivity contribution in [2.24, 2.45) is 0 Å². The fraction of sp³-hybridized carbons (Fsp3) is 0.261. The minimum Gasteiger partial charge on any atom is -0.497 e. The molecule has 8 heteroatoms. The van der Waals surface area contributed by atoms with Crippen LogP contribution in [0.15, 0.2) is 48.7 Å². The molecule has 2 heterocycles.